The molecular formula is C26H31NO7. The minimum atomic E-state index is -1.37. The Morgan fingerprint density at radius 3 is 2.41 bits per heavy atom. The van der Waals surface area contributed by atoms with Gasteiger partial charge in [-0.05, 0) is 43.5 Å². The maximum Gasteiger partial charge on any atom is 0.329 e. The standard InChI is InChI=1S/C26H31NO7/c1-18-4-3-5-19(16-18)8-13-32-22-17-20(6-7-21(22)31-2)23(28)27-25(24(29)30)9-11-26(12-10-25)33-14-15-34-26/h3-7,16-17H,8-15H2,1-2H3,(H,27,28)(H,29,30). The van der Waals surface area contributed by atoms with Crippen molar-refractivity contribution in [2.45, 2.75) is 50.4 Å². The number of methoxy groups -OCH3 is 1. The first-order valence-electron chi connectivity index (χ1n) is 11.5. The zero-order chi connectivity index (χ0) is 24.2. The van der Waals surface area contributed by atoms with Crippen molar-refractivity contribution in [1.82, 2.24) is 5.32 Å². The van der Waals surface area contributed by atoms with Gasteiger partial charge in [0.2, 0.25) is 0 Å². The molecule has 0 atom stereocenters. The molecule has 0 aromatic heterocycles. The van der Waals surface area contributed by atoms with E-state index in [4.69, 9.17) is 18.9 Å². The van der Waals surface area contributed by atoms with Crippen LogP contribution in [0.25, 0.3) is 0 Å². The zero-order valence-corrected chi connectivity index (χ0v) is 19.6. The van der Waals surface area contributed by atoms with Crippen LogP contribution >= 0.6 is 0 Å². The molecule has 34 heavy (non-hydrogen) atoms. The summed E-state index contributed by atoms with van der Waals surface area (Å²) in [6.07, 6.45) is 1.98. The Hall–Kier alpha value is -3.10. The molecule has 2 fully saturated rings. The van der Waals surface area contributed by atoms with Crippen LogP contribution in [0.1, 0.15) is 47.2 Å². The Bertz CT molecular complexity index is 1040. The van der Waals surface area contributed by atoms with Crippen LogP contribution in [-0.2, 0) is 20.7 Å². The number of aliphatic carboxylic acids is 1. The molecule has 2 aliphatic rings. The summed E-state index contributed by atoms with van der Waals surface area (Å²) in [5.41, 5.74) is 1.27. The topological polar surface area (TPSA) is 103 Å². The molecule has 0 radical (unpaired) electrons. The molecule has 4 rings (SSSR count). The predicted octanol–water partition coefficient (Wildman–Crippen LogP) is 3.50. The van der Waals surface area contributed by atoms with Gasteiger partial charge in [0, 0.05) is 24.8 Å². The molecule has 8 nitrogen and oxygen atoms in total. The van der Waals surface area contributed by atoms with Crippen molar-refractivity contribution in [2.75, 3.05) is 26.9 Å². The fourth-order valence-corrected chi connectivity index (χ4v) is 4.60. The van der Waals surface area contributed by atoms with Crippen LogP contribution in [0.2, 0.25) is 0 Å². The minimum Gasteiger partial charge on any atom is -0.493 e. The number of carboxylic acids is 1. The SMILES string of the molecule is COc1ccc(C(=O)NC2(C(=O)O)CCC3(CC2)OCCO3)cc1OCCc1cccc(C)c1. The van der Waals surface area contributed by atoms with Crippen molar-refractivity contribution >= 4 is 11.9 Å². The molecule has 1 heterocycles. The maximum absolute atomic E-state index is 13.1. The largest absolute Gasteiger partial charge is 0.493 e. The van der Waals surface area contributed by atoms with E-state index in [1.165, 1.54) is 12.7 Å². The normalized spacial score (nSPS) is 18.4. The number of nitrogens with one attached hydrogen (secondary N) is 1. The summed E-state index contributed by atoms with van der Waals surface area (Å²) in [6, 6.07) is 13.0. The average Bonchev–Trinajstić information content (AvgIpc) is 3.29. The van der Waals surface area contributed by atoms with Gasteiger partial charge in [-0.15, -0.1) is 0 Å². The zero-order valence-electron chi connectivity index (χ0n) is 19.6. The molecule has 2 aromatic carbocycles. The van der Waals surface area contributed by atoms with Crippen LogP contribution in [0, 0.1) is 6.92 Å². The molecule has 1 saturated heterocycles. The second kappa shape index (κ2) is 10.0. The van der Waals surface area contributed by atoms with Crippen molar-refractivity contribution in [1.29, 1.82) is 0 Å². The van der Waals surface area contributed by atoms with E-state index in [1.807, 2.05) is 25.1 Å². The number of hydrogen-bond donors (Lipinski definition) is 2. The lowest BCUT2D eigenvalue weighted by Gasteiger charge is -2.41. The monoisotopic (exact) mass is 469 g/mol. The van der Waals surface area contributed by atoms with Gasteiger partial charge in [0.15, 0.2) is 17.3 Å². The van der Waals surface area contributed by atoms with Crippen LogP contribution in [0.5, 0.6) is 11.5 Å². The fourth-order valence-electron chi connectivity index (χ4n) is 4.60. The van der Waals surface area contributed by atoms with Crippen molar-refractivity contribution in [3.05, 3.63) is 59.2 Å². The number of hydrogen-bond acceptors (Lipinski definition) is 6. The second-order valence-corrected chi connectivity index (χ2v) is 8.90. The molecule has 1 aliphatic carbocycles. The molecule has 182 valence electrons. The first kappa shape index (κ1) is 24.0. The second-order valence-electron chi connectivity index (χ2n) is 8.90. The molecule has 8 heteroatoms. The maximum atomic E-state index is 13.1. The van der Waals surface area contributed by atoms with Crippen molar-refractivity contribution in [3.8, 4) is 11.5 Å². The van der Waals surface area contributed by atoms with Gasteiger partial charge in [0.25, 0.3) is 5.91 Å². The van der Waals surface area contributed by atoms with E-state index < -0.39 is 23.2 Å². The molecule has 2 N–H and O–H groups in total. The molecule has 1 spiro atoms. The summed E-state index contributed by atoms with van der Waals surface area (Å²) in [5, 5.41) is 12.7. The van der Waals surface area contributed by atoms with Crippen molar-refractivity contribution in [3.63, 3.8) is 0 Å². The van der Waals surface area contributed by atoms with Gasteiger partial charge in [-0.3, -0.25) is 4.79 Å². The number of carbonyl (C=O) groups excluding carboxylic acids is 1. The summed E-state index contributed by atoms with van der Waals surface area (Å²) in [6.45, 7) is 3.46. The Balaban J connectivity index is 1.44. The van der Waals surface area contributed by atoms with Crippen LogP contribution in [0.3, 0.4) is 0 Å². The molecular weight excluding hydrogens is 438 g/mol. The number of rotatable bonds is 8. The molecule has 1 saturated carbocycles. The van der Waals surface area contributed by atoms with Crippen LogP contribution in [-0.4, -0.2) is 55.2 Å². The Morgan fingerprint density at radius 1 is 1.03 bits per heavy atom. The Morgan fingerprint density at radius 2 is 1.76 bits per heavy atom. The Labute approximate surface area is 199 Å². The Kier molecular flexibility index (Phi) is 7.09. The highest BCUT2D eigenvalue weighted by Crippen LogP contribution is 2.40. The summed E-state index contributed by atoms with van der Waals surface area (Å²) < 4.78 is 22.7. The fraction of sp³-hybridized carbons (Fsp3) is 0.462. The van der Waals surface area contributed by atoms with Gasteiger partial charge in [0.05, 0.1) is 26.9 Å². The minimum absolute atomic E-state index is 0.226. The third kappa shape index (κ3) is 5.18. The molecule has 0 unspecified atom stereocenters. The number of ether oxygens (including phenoxy) is 4. The summed E-state index contributed by atoms with van der Waals surface area (Å²) in [4.78, 5) is 25.3. The predicted molar refractivity (Wildman–Crippen MR) is 124 cm³/mol. The summed E-state index contributed by atoms with van der Waals surface area (Å²) >= 11 is 0. The van der Waals surface area contributed by atoms with Crippen LogP contribution in [0.4, 0.5) is 0 Å². The highest BCUT2D eigenvalue weighted by atomic mass is 16.7. The lowest BCUT2D eigenvalue weighted by atomic mass is 9.78. The van der Waals surface area contributed by atoms with E-state index in [2.05, 4.69) is 11.4 Å². The van der Waals surface area contributed by atoms with Crippen molar-refractivity contribution in [2.24, 2.45) is 0 Å². The molecule has 1 amide bonds. The van der Waals surface area contributed by atoms with Gasteiger partial charge >= 0.3 is 5.97 Å². The summed E-state index contributed by atoms with van der Waals surface area (Å²) in [5.74, 6) is -1.32. The van der Waals surface area contributed by atoms with E-state index in [9.17, 15) is 14.7 Å². The first-order valence-corrected chi connectivity index (χ1v) is 11.5. The number of carboxylic acid groups (broad SMARTS) is 1. The number of benzene rings is 2. The number of amides is 1. The van der Waals surface area contributed by atoms with E-state index >= 15 is 0 Å². The van der Waals surface area contributed by atoms with Gasteiger partial charge in [-0.1, -0.05) is 29.8 Å². The van der Waals surface area contributed by atoms with Gasteiger partial charge in [0.1, 0.15) is 5.54 Å². The van der Waals surface area contributed by atoms with Gasteiger partial charge in [-0.2, -0.15) is 0 Å². The van der Waals surface area contributed by atoms with Crippen molar-refractivity contribution < 1.29 is 33.6 Å². The van der Waals surface area contributed by atoms with E-state index in [1.54, 1.807) is 18.2 Å². The summed E-state index contributed by atoms with van der Waals surface area (Å²) in [7, 11) is 1.53. The number of aryl methyl sites for hydroxylation is 1. The molecule has 2 aromatic rings. The highest BCUT2D eigenvalue weighted by Gasteiger charge is 2.50. The van der Waals surface area contributed by atoms with Gasteiger partial charge < -0.3 is 29.4 Å². The lowest BCUT2D eigenvalue weighted by Crippen LogP contribution is -2.58. The third-order valence-electron chi connectivity index (χ3n) is 6.60. The van der Waals surface area contributed by atoms with Gasteiger partial charge in [-0.25, -0.2) is 4.79 Å². The number of carbonyl (C=O) groups is 2. The van der Waals surface area contributed by atoms with Crippen LogP contribution < -0.4 is 14.8 Å². The van der Waals surface area contributed by atoms with E-state index in [0.717, 1.165) is 5.56 Å². The van der Waals surface area contributed by atoms with Crippen LogP contribution in [0.15, 0.2) is 42.5 Å². The average molecular weight is 470 g/mol. The smallest absolute Gasteiger partial charge is 0.329 e. The third-order valence-corrected chi connectivity index (χ3v) is 6.60. The van der Waals surface area contributed by atoms with E-state index in [0.29, 0.717) is 56.1 Å². The lowest BCUT2D eigenvalue weighted by molar-refractivity contribution is -0.190. The molecule has 1 aliphatic heterocycles. The quantitative estimate of drug-likeness (QED) is 0.610. The molecule has 0 bridgehead atoms. The van der Waals surface area contributed by atoms with E-state index in [-0.39, 0.29) is 12.8 Å². The first-order chi connectivity index (χ1) is 16.3. The highest BCUT2D eigenvalue weighted by molar-refractivity contribution is 5.98.